The molecule has 0 aromatic carbocycles. The van der Waals surface area contributed by atoms with E-state index in [1.165, 1.54) is 28.0 Å². The maximum atomic E-state index is 12.1. The molecule has 0 unspecified atom stereocenters. The molecule has 0 aliphatic heterocycles. The number of aromatic nitrogens is 2. The van der Waals surface area contributed by atoms with Crippen molar-refractivity contribution >= 4 is 37.3 Å². The van der Waals surface area contributed by atoms with E-state index in [1.807, 2.05) is 11.4 Å². The first-order chi connectivity index (χ1) is 8.00. The third-order valence-electron chi connectivity index (χ3n) is 2.21. The first-order valence-electron chi connectivity index (χ1n) is 4.68. The monoisotopic (exact) mass is 335 g/mol. The van der Waals surface area contributed by atoms with Gasteiger partial charge in [0.15, 0.2) is 0 Å². The Morgan fingerprint density at radius 2 is 2.35 bits per heavy atom. The standard InChI is InChI=1S/C9H10BrN3O2S2/c1-13(5-7-2-9(10)16-6-7)17(14,15)8-3-11-12-4-8/h2-4,6H,5H2,1H3,(H,11,12). The third-order valence-corrected chi connectivity index (χ3v) is 5.53. The fourth-order valence-corrected chi connectivity index (χ4v) is 3.60. The van der Waals surface area contributed by atoms with Gasteiger partial charge in [0.1, 0.15) is 4.90 Å². The molecule has 1 N–H and O–H groups in total. The Kier molecular flexibility index (Phi) is 3.67. The molecule has 2 aromatic rings. The fourth-order valence-electron chi connectivity index (χ4n) is 1.33. The average Bonchev–Trinajstić information content (AvgIpc) is 2.89. The number of sulfonamides is 1. The second kappa shape index (κ2) is 4.89. The lowest BCUT2D eigenvalue weighted by molar-refractivity contribution is 0.467. The molecular weight excluding hydrogens is 326 g/mol. The van der Waals surface area contributed by atoms with Gasteiger partial charge in [0.25, 0.3) is 0 Å². The lowest BCUT2D eigenvalue weighted by Gasteiger charge is -2.14. The van der Waals surface area contributed by atoms with Crippen molar-refractivity contribution in [3.05, 3.63) is 33.2 Å². The molecule has 0 saturated heterocycles. The Morgan fingerprint density at radius 1 is 1.59 bits per heavy atom. The van der Waals surface area contributed by atoms with E-state index in [2.05, 4.69) is 26.1 Å². The zero-order valence-corrected chi connectivity index (χ0v) is 12.1. The number of halogens is 1. The van der Waals surface area contributed by atoms with Crippen LogP contribution in [-0.4, -0.2) is 30.0 Å². The predicted molar refractivity (Wildman–Crippen MR) is 69.3 cm³/mol. The van der Waals surface area contributed by atoms with Crippen molar-refractivity contribution in [2.75, 3.05) is 7.05 Å². The molecule has 0 aliphatic rings. The largest absolute Gasteiger partial charge is 0.284 e. The summed E-state index contributed by atoms with van der Waals surface area (Å²) < 4.78 is 26.4. The highest BCUT2D eigenvalue weighted by atomic mass is 79.9. The van der Waals surface area contributed by atoms with E-state index in [0.29, 0.717) is 6.54 Å². The van der Waals surface area contributed by atoms with Gasteiger partial charge in [0, 0.05) is 19.8 Å². The molecule has 17 heavy (non-hydrogen) atoms. The molecule has 5 nitrogen and oxygen atoms in total. The van der Waals surface area contributed by atoms with Gasteiger partial charge < -0.3 is 0 Å². The number of thiophene rings is 1. The van der Waals surface area contributed by atoms with Crippen LogP contribution >= 0.6 is 27.3 Å². The van der Waals surface area contributed by atoms with Crippen LogP contribution in [0.15, 0.2) is 32.5 Å². The maximum Gasteiger partial charge on any atom is 0.246 e. The molecule has 2 heterocycles. The van der Waals surface area contributed by atoms with Gasteiger partial charge in [-0.2, -0.15) is 9.40 Å². The van der Waals surface area contributed by atoms with Gasteiger partial charge in [-0.3, -0.25) is 5.10 Å². The smallest absolute Gasteiger partial charge is 0.246 e. The number of nitrogens with one attached hydrogen (secondary N) is 1. The number of hydrogen-bond donors (Lipinski definition) is 1. The summed E-state index contributed by atoms with van der Waals surface area (Å²) in [5.74, 6) is 0. The Bertz CT molecular complexity index is 592. The summed E-state index contributed by atoms with van der Waals surface area (Å²) in [6.07, 6.45) is 2.67. The van der Waals surface area contributed by atoms with Crippen LogP contribution < -0.4 is 0 Å². The normalized spacial score (nSPS) is 12.2. The van der Waals surface area contributed by atoms with Gasteiger partial charge in [-0.15, -0.1) is 11.3 Å². The van der Waals surface area contributed by atoms with Gasteiger partial charge in [0.2, 0.25) is 10.0 Å². The summed E-state index contributed by atoms with van der Waals surface area (Å²) in [6.45, 7) is 0.343. The third kappa shape index (κ3) is 2.76. The van der Waals surface area contributed by atoms with E-state index in [0.717, 1.165) is 9.35 Å². The van der Waals surface area contributed by atoms with E-state index >= 15 is 0 Å². The first kappa shape index (κ1) is 12.7. The lowest BCUT2D eigenvalue weighted by atomic mass is 10.3. The molecule has 8 heteroatoms. The van der Waals surface area contributed by atoms with Crippen molar-refractivity contribution in [1.82, 2.24) is 14.5 Å². The van der Waals surface area contributed by atoms with Crippen LogP contribution in [0.4, 0.5) is 0 Å². The summed E-state index contributed by atoms with van der Waals surface area (Å²) in [5.41, 5.74) is 0.955. The van der Waals surface area contributed by atoms with Gasteiger partial charge >= 0.3 is 0 Å². The highest BCUT2D eigenvalue weighted by Crippen LogP contribution is 2.23. The van der Waals surface area contributed by atoms with Crippen molar-refractivity contribution < 1.29 is 8.42 Å². The summed E-state index contributed by atoms with van der Waals surface area (Å²) in [6, 6.07) is 1.91. The molecule has 0 saturated carbocycles. The summed E-state index contributed by atoms with van der Waals surface area (Å²) in [4.78, 5) is 0.175. The highest BCUT2D eigenvalue weighted by Gasteiger charge is 2.21. The second-order valence-electron chi connectivity index (χ2n) is 3.45. The molecule has 0 aliphatic carbocycles. The van der Waals surface area contributed by atoms with Crippen LogP contribution in [0.2, 0.25) is 0 Å². The molecule has 0 amide bonds. The zero-order valence-electron chi connectivity index (χ0n) is 8.92. The fraction of sp³-hybridized carbons (Fsp3) is 0.222. The van der Waals surface area contributed by atoms with Gasteiger partial charge in [-0.1, -0.05) is 0 Å². The van der Waals surface area contributed by atoms with E-state index in [1.54, 1.807) is 7.05 Å². The molecular formula is C9H10BrN3O2S2. The Hall–Kier alpha value is -0.700. The summed E-state index contributed by atoms with van der Waals surface area (Å²) >= 11 is 4.88. The van der Waals surface area contributed by atoms with E-state index in [9.17, 15) is 8.42 Å². The number of H-pyrrole nitrogens is 1. The Balaban J connectivity index is 2.18. The number of aromatic amines is 1. The molecule has 0 bridgehead atoms. The van der Waals surface area contributed by atoms with Crippen molar-refractivity contribution in [2.45, 2.75) is 11.4 Å². The minimum Gasteiger partial charge on any atom is -0.284 e. The molecule has 92 valence electrons. The van der Waals surface area contributed by atoms with E-state index < -0.39 is 10.0 Å². The molecule has 2 aromatic heterocycles. The number of hydrogen-bond acceptors (Lipinski definition) is 4. The zero-order chi connectivity index (χ0) is 12.5. The predicted octanol–water partition coefficient (Wildman–Crippen LogP) is 2.05. The van der Waals surface area contributed by atoms with Crippen molar-refractivity contribution in [3.8, 4) is 0 Å². The first-order valence-corrected chi connectivity index (χ1v) is 7.79. The van der Waals surface area contributed by atoms with Crippen LogP contribution in [-0.2, 0) is 16.6 Å². The van der Waals surface area contributed by atoms with Crippen LogP contribution in [0, 0.1) is 0 Å². The second-order valence-corrected chi connectivity index (χ2v) is 7.79. The van der Waals surface area contributed by atoms with Crippen molar-refractivity contribution in [3.63, 3.8) is 0 Å². The van der Waals surface area contributed by atoms with Gasteiger partial charge in [0.05, 0.1) is 9.98 Å². The minimum atomic E-state index is -3.46. The number of nitrogens with zero attached hydrogens (tertiary/aromatic N) is 2. The van der Waals surface area contributed by atoms with Crippen LogP contribution in [0.5, 0.6) is 0 Å². The van der Waals surface area contributed by atoms with Crippen LogP contribution in [0.25, 0.3) is 0 Å². The van der Waals surface area contributed by atoms with Crippen LogP contribution in [0.1, 0.15) is 5.56 Å². The summed E-state index contributed by atoms with van der Waals surface area (Å²) in [5, 5.41) is 8.07. The molecule has 0 spiro atoms. The Labute approximate surface area is 112 Å². The highest BCUT2D eigenvalue weighted by molar-refractivity contribution is 9.11. The minimum absolute atomic E-state index is 0.175. The van der Waals surface area contributed by atoms with Crippen LogP contribution in [0.3, 0.4) is 0 Å². The van der Waals surface area contributed by atoms with E-state index in [4.69, 9.17) is 0 Å². The molecule has 0 atom stereocenters. The van der Waals surface area contributed by atoms with Crippen molar-refractivity contribution in [1.29, 1.82) is 0 Å². The molecule has 0 fully saturated rings. The van der Waals surface area contributed by atoms with Gasteiger partial charge in [-0.05, 0) is 32.9 Å². The SMILES string of the molecule is CN(Cc1csc(Br)c1)S(=O)(=O)c1cn[nH]c1. The molecule has 2 rings (SSSR count). The van der Waals surface area contributed by atoms with E-state index in [-0.39, 0.29) is 4.90 Å². The lowest BCUT2D eigenvalue weighted by Crippen LogP contribution is -2.25. The van der Waals surface area contributed by atoms with Gasteiger partial charge in [-0.25, -0.2) is 8.42 Å². The Morgan fingerprint density at radius 3 is 2.88 bits per heavy atom. The molecule has 0 radical (unpaired) electrons. The maximum absolute atomic E-state index is 12.1. The number of rotatable bonds is 4. The quantitative estimate of drug-likeness (QED) is 0.929. The average molecular weight is 336 g/mol. The van der Waals surface area contributed by atoms with Crippen molar-refractivity contribution in [2.24, 2.45) is 0 Å². The summed E-state index contributed by atoms with van der Waals surface area (Å²) in [7, 11) is -1.91. The topological polar surface area (TPSA) is 66.1 Å².